The SMILES string of the molecule is Cc1ccn2nc(NC(=O)c3cccc(O)c3)nc2c1. The van der Waals surface area contributed by atoms with E-state index in [-0.39, 0.29) is 17.6 Å². The molecule has 0 saturated heterocycles. The van der Waals surface area contributed by atoms with Crippen LogP contribution in [0.15, 0.2) is 42.6 Å². The van der Waals surface area contributed by atoms with Crippen molar-refractivity contribution in [3.05, 3.63) is 53.7 Å². The molecule has 0 fully saturated rings. The van der Waals surface area contributed by atoms with Crippen molar-refractivity contribution >= 4 is 17.5 Å². The maximum Gasteiger partial charge on any atom is 0.258 e. The molecule has 100 valence electrons. The number of carbonyl (C=O) groups excluding carboxylic acids is 1. The molecule has 0 bridgehead atoms. The van der Waals surface area contributed by atoms with Gasteiger partial charge in [-0.3, -0.25) is 10.1 Å². The summed E-state index contributed by atoms with van der Waals surface area (Å²) in [5.74, 6) is -0.103. The number of hydrogen-bond donors (Lipinski definition) is 2. The van der Waals surface area contributed by atoms with Crippen LogP contribution in [0.2, 0.25) is 0 Å². The lowest BCUT2D eigenvalue weighted by atomic mass is 10.2. The zero-order chi connectivity index (χ0) is 14.1. The number of rotatable bonds is 2. The number of aryl methyl sites for hydroxylation is 1. The number of nitrogens with one attached hydrogen (secondary N) is 1. The van der Waals surface area contributed by atoms with E-state index < -0.39 is 0 Å². The molecular formula is C14H12N4O2. The predicted molar refractivity (Wildman–Crippen MR) is 73.8 cm³/mol. The maximum absolute atomic E-state index is 12.0. The molecule has 0 atom stereocenters. The number of pyridine rings is 1. The van der Waals surface area contributed by atoms with Gasteiger partial charge in [0.25, 0.3) is 5.91 Å². The van der Waals surface area contributed by atoms with Gasteiger partial charge in [0.1, 0.15) is 5.75 Å². The molecule has 0 saturated carbocycles. The number of nitrogens with zero attached hydrogens (tertiary/aromatic N) is 3. The third kappa shape index (κ3) is 2.31. The summed E-state index contributed by atoms with van der Waals surface area (Å²) < 4.78 is 1.59. The monoisotopic (exact) mass is 268 g/mol. The molecule has 3 aromatic rings. The predicted octanol–water partition coefficient (Wildman–Crippen LogP) is 2.00. The number of hydrogen-bond acceptors (Lipinski definition) is 4. The summed E-state index contributed by atoms with van der Waals surface area (Å²) in [4.78, 5) is 16.2. The van der Waals surface area contributed by atoms with E-state index in [0.29, 0.717) is 11.2 Å². The van der Waals surface area contributed by atoms with Gasteiger partial charge in [0.2, 0.25) is 5.95 Å². The Morgan fingerprint density at radius 2 is 2.15 bits per heavy atom. The number of aromatic nitrogens is 3. The minimum Gasteiger partial charge on any atom is -0.508 e. The van der Waals surface area contributed by atoms with Crippen LogP contribution in [-0.4, -0.2) is 25.6 Å². The van der Waals surface area contributed by atoms with Crippen molar-refractivity contribution in [2.75, 3.05) is 5.32 Å². The fourth-order valence-corrected chi connectivity index (χ4v) is 1.86. The molecule has 1 aromatic carbocycles. The van der Waals surface area contributed by atoms with E-state index in [4.69, 9.17) is 0 Å². The van der Waals surface area contributed by atoms with Gasteiger partial charge in [-0.25, -0.2) is 4.52 Å². The third-order valence-corrected chi connectivity index (χ3v) is 2.83. The summed E-state index contributed by atoms with van der Waals surface area (Å²) in [5.41, 5.74) is 2.08. The lowest BCUT2D eigenvalue weighted by Crippen LogP contribution is -2.12. The van der Waals surface area contributed by atoms with Gasteiger partial charge in [0.05, 0.1) is 0 Å². The molecule has 1 amide bonds. The molecule has 0 unspecified atom stereocenters. The number of anilines is 1. The highest BCUT2D eigenvalue weighted by Gasteiger charge is 2.10. The Morgan fingerprint density at radius 1 is 1.30 bits per heavy atom. The van der Waals surface area contributed by atoms with Gasteiger partial charge >= 0.3 is 0 Å². The zero-order valence-corrected chi connectivity index (χ0v) is 10.7. The second kappa shape index (κ2) is 4.65. The van der Waals surface area contributed by atoms with Crippen molar-refractivity contribution in [2.45, 2.75) is 6.92 Å². The van der Waals surface area contributed by atoms with Gasteiger partial charge in [0, 0.05) is 11.8 Å². The van der Waals surface area contributed by atoms with E-state index in [9.17, 15) is 9.90 Å². The van der Waals surface area contributed by atoms with E-state index in [1.54, 1.807) is 22.8 Å². The summed E-state index contributed by atoms with van der Waals surface area (Å²) in [6, 6.07) is 9.87. The van der Waals surface area contributed by atoms with E-state index >= 15 is 0 Å². The maximum atomic E-state index is 12.0. The average molecular weight is 268 g/mol. The fourth-order valence-electron chi connectivity index (χ4n) is 1.86. The molecule has 0 aliphatic heterocycles. The quantitative estimate of drug-likeness (QED) is 0.745. The topological polar surface area (TPSA) is 79.5 Å². The molecule has 3 rings (SSSR count). The second-order valence-electron chi connectivity index (χ2n) is 4.45. The largest absolute Gasteiger partial charge is 0.508 e. The highest BCUT2D eigenvalue weighted by atomic mass is 16.3. The molecule has 0 aliphatic rings. The van der Waals surface area contributed by atoms with E-state index in [0.717, 1.165) is 5.56 Å². The number of phenols is 1. The van der Waals surface area contributed by atoms with Crippen LogP contribution < -0.4 is 5.32 Å². The zero-order valence-electron chi connectivity index (χ0n) is 10.7. The molecule has 2 aromatic heterocycles. The molecule has 0 radical (unpaired) electrons. The minimum atomic E-state index is -0.367. The first-order chi connectivity index (χ1) is 9.61. The Balaban J connectivity index is 1.87. The molecule has 0 aliphatic carbocycles. The molecule has 6 nitrogen and oxygen atoms in total. The van der Waals surface area contributed by atoms with Gasteiger partial charge in [-0.05, 0) is 42.8 Å². The summed E-state index contributed by atoms with van der Waals surface area (Å²) in [6.07, 6.45) is 1.78. The van der Waals surface area contributed by atoms with Crippen molar-refractivity contribution in [1.82, 2.24) is 14.6 Å². The Hall–Kier alpha value is -2.89. The number of aromatic hydroxyl groups is 1. The molecule has 20 heavy (non-hydrogen) atoms. The van der Waals surface area contributed by atoms with Crippen LogP contribution in [0.25, 0.3) is 5.65 Å². The molecular weight excluding hydrogens is 256 g/mol. The first kappa shape index (κ1) is 12.2. The first-order valence-electron chi connectivity index (χ1n) is 6.05. The van der Waals surface area contributed by atoms with Gasteiger partial charge < -0.3 is 5.11 Å². The van der Waals surface area contributed by atoms with E-state index in [2.05, 4.69) is 15.4 Å². The van der Waals surface area contributed by atoms with Crippen molar-refractivity contribution in [3.8, 4) is 5.75 Å². The Bertz CT molecular complexity index is 795. The molecule has 6 heteroatoms. The minimum absolute atomic E-state index is 0.0382. The Morgan fingerprint density at radius 3 is 2.95 bits per heavy atom. The van der Waals surface area contributed by atoms with Gasteiger partial charge in [-0.1, -0.05) is 6.07 Å². The van der Waals surface area contributed by atoms with Gasteiger partial charge in [-0.2, -0.15) is 4.98 Å². The highest BCUT2D eigenvalue weighted by molar-refractivity contribution is 6.03. The lowest BCUT2D eigenvalue weighted by Gasteiger charge is -2.00. The van der Waals surface area contributed by atoms with Crippen molar-refractivity contribution < 1.29 is 9.90 Å². The third-order valence-electron chi connectivity index (χ3n) is 2.83. The molecule has 0 spiro atoms. The van der Waals surface area contributed by atoms with Crippen LogP contribution in [0.4, 0.5) is 5.95 Å². The summed E-state index contributed by atoms with van der Waals surface area (Å²) in [5, 5.41) is 16.1. The number of phenolic OH excluding ortho intramolecular Hbond substituents is 1. The van der Waals surface area contributed by atoms with Crippen molar-refractivity contribution in [1.29, 1.82) is 0 Å². The number of amides is 1. The summed E-state index contributed by atoms with van der Waals surface area (Å²) in [7, 11) is 0. The van der Waals surface area contributed by atoms with Crippen LogP contribution in [0.3, 0.4) is 0 Å². The van der Waals surface area contributed by atoms with Gasteiger partial charge in [0.15, 0.2) is 5.65 Å². The van der Waals surface area contributed by atoms with Crippen LogP contribution in [-0.2, 0) is 0 Å². The standard InChI is InChI=1S/C14H12N4O2/c1-9-5-6-18-12(7-9)15-14(17-18)16-13(20)10-3-2-4-11(19)8-10/h2-8,19H,1H3,(H,16,17,20). The fraction of sp³-hybridized carbons (Fsp3) is 0.0714. The number of carbonyl (C=O) groups is 1. The van der Waals surface area contributed by atoms with E-state index in [1.807, 2.05) is 19.1 Å². The first-order valence-corrected chi connectivity index (χ1v) is 6.05. The molecule has 2 heterocycles. The number of fused-ring (bicyclic) bond motifs is 1. The summed E-state index contributed by atoms with van der Waals surface area (Å²) in [6.45, 7) is 1.96. The van der Waals surface area contributed by atoms with Crippen molar-refractivity contribution in [3.63, 3.8) is 0 Å². The van der Waals surface area contributed by atoms with Crippen molar-refractivity contribution in [2.24, 2.45) is 0 Å². The Kier molecular flexibility index (Phi) is 2.83. The van der Waals surface area contributed by atoms with E-state index in [1.165, 1.54) is 12.1 Å². The van der Waals surface area contributed by atoms with Crippen LogP contribution in [0.1, 0.15) is 15.9 Å². The highest BCUT2D eigenvalue weighted by Crippen LogP contribution is 2.13. The molecule has 2 N–H and O–H groups in total. The van der Waals surface area contributed by atoms with Crippen LogP contribution in [0.5, 0.6) is 5.75 Å². The van der Waals surface area contributed by atoms with Crippen LogP contribution >= 0.6 is 0 Å². The summed E-state index contributed by atoms with van der Waals surface area (Å²) >= 11 is 0. The smallest absolute Gasteiger partial charge is 0.258 e. The second-order valence-corrected chi connectivity index (χ2v) is 4.45. The van der Waals surface area contributed by atoms with Gasteiger partial charge in [-0.15, -0.1) is 5.10 Å². The van der Waals surface area contributed by atoms with Crippen LogP contribution in [0, 0.1) is 6.92 Å². The normalized spacial score (nSPS) is 10.7. The number of benzene rings is 1. The average Bonchev–Trinajstić information content (AvgIpc) is 2.80. The lowest BCUT2D eigenvalue weighted by molar-refractivity contribution is 0.102. The Labute approximate surface area is 114 Å².